The van der Waals surface area contributed by atoms with Crippen molar-refractivity contribution in [2.75, 3.05) is 44.2 Å². The van der Waals surface area contributed by atoms with Crippen LogP contribution in [0, 0.1) is 12.7 Å². The molecular weight excluding hydrogens is 477 g/mol. The van der Waals surface area contributed by atoms with E-state index in [1.165, 1.54) is 22.5 Å². The second-order valence-corrected chi connectivity index (χ2v) is 10.3. The van der Waals surface area contributed by atoms with Crippen molar-refractivity contribution in [1.82, 2.24) is 19.3 Å². The molecule has 2 saturated heterocycles. The predicted molar refractivity (Wildman–Crippen MR) is 124 cm³/mol. The van der Waals surface area contributed by atoms with Crippen molar-refractivity contribution < 1.29 is 26.9 Å². The fourth-order valence-electron chi connectivity index (χ4n) is 4.27. The molecule has 0 saturated carbocycles. The molecule has 35 heavy (non-hydrogen) atoms. The third kappa shape index (κ3) is 4.77. The van der Waals surface area contributed by atoms with Crippen LogP contribution >= 0.6 is 0 Å². The van der Waals surface area contributed by atoms with Gasteiger partial charge in [-0.2, -0.15) is 9.29 Å². The molecule has 2 fully saturated rings. The normalized spacial score (nSPS) is 19.8. The van der Waals surface area contributed by atoms with E-state index in [0.29, 0.717) is 43.6 Å². The van der Waals surface area contributed by atoms with Gasteiger partial charge >= 0.3 is 6.09 Å². The molecule has 1 atom stereocenters. The number of ether oxygens (including phenoxy) is 1. The quantitative estimate of drug-likeness (QED) is 0.507. The maximum atomic E-state index is 14.0. The number of amides is 1. The molecule has 2 aromatic carbocycles. The van der Waals surface area contributed by atoms with Crippen molar-refractivity contribution in [2.45, 2.75) is 17.9 Å². The second-order valence-electron chi connectivity index (χ2n) is 8.44. The summed E-state index contributed by atoms with van der Waals surface area (Å²) in [6.07, 6.45) is -0.782. The van der Waals surface area contributed by atoms with E-state index in [9.17, 15) is 17.6 Å². The van der Waals surface area contributed by atoms with E-state index in [2.05, 4.69) is 15.0 Å². The van der Waals surface area contributed by atoms with Crippen molar-refractivity contribution in [2.24, 2.45) is 0 Å². The molecule has 2 aliphatic rings. The van der Waals surface area contributed by atoms with E-state index in [1.54, 1.807) is 24.0 Å². The zero-order chi connectivity index (χ0) is 24.6. The summed E-state index contributed by atoms with van der Waals surface area (Å²) in [4.78, 5) is 20.0. The van der Waals surface area contributed by atoms with Gasteiger partial charge in [0.05, 0.1) is 6.54 Å². The topological polar surface area (TPSA) is 109 Å². The number of hydrogen-bond donors (Lipinski definition) is 0. The van der Waals surface area contributed by atoms with E-state index in [-0.39, 0.29) is 24.1 Å². The Morgan fingerprint density at radius 3 is 2.43 bits per heavy atom. The molecule has 1 aromatic heterocycles. The van der Waals surface area contributed by atoms with Gasteiger partial charge in [0, 0.05) is 50.9 Å². The first kappa shape index (κ1) is 23.4. The van der Waals surface area contributed by atoms with Crippen LogP contribution in [0.15, 0.2) is 57.9 Å². The highest BCUT2D eigenvalue weighted by Gasteiger charge is 2.36. The van der Waals surface area contributed by atoms with Gasteiger partial charge in [-0.25, -0.2) is 17.6 Å². The Bertz CT molecular complexity index is 1320. The zero-order valence-corrected chi connectivity index (χ0v) is 19.8. The highest BCUT2D eigenvalue weighted by molar-refractivity contribution is 7.89. The number of anilines is 1. The lowest BCUT2D eigenvalue weighted by molar-refractivity contribution is 0.0937. The first-order valence-electron chi connectivity index (χ1n) is 11.2. The van der Waals surface area contributed by atoms with Gasteiger partial charge in [0.25, 0.3) is 0 Å². The summed E-state index contributed by atoms with van der Waals surface area (Å²) in [5, 5.41) is 3.89. The molecule has 1 amide bonds. The van der Waals surface area contributed by atoms with Crippen LogP contribution in [-0.2, 0) is 14.8 Å². The van der Waals surface area contributed by atoms with Gasteiger partial charge < -0.3 is 9.26 Å². The summed E-state index contributed by atoms with van der Waals surface area (Å²) in [5.74, 6) is 0.195. The molecular formula is C23H24FN5O5S. The van der Waals surface area contributed by atoms with Gasteiger partial charge in [0.1, 0.15) is 16.8 Å². The van der Waals surface area contributed by atoms with Crippen LogP contribution < -0.4 is 4.90 Å². The summed E-state index contributed by atoms with van der Waals surface area (Å²) < 4.78 is 51.5. The van der Waals surface area contributed by atoms with E-state index in [4.69, 9.17) is 9.26 Å². The number of piperazine rings is 1. The second kappa shape index (κ2) is 9.36. The minimum atomic E-state index is -3.90. The van der Waals surface area contributed by atoms with Crippen LogP contribution in [0.1, 0.15) is 5.89 Å². The minimum absolute atomic E-state index is 0.234. The number of carbonyl (C=O) groups is 1. The summed E-state index contributed by atoms with van der Waals surface area (Å²) in [5.41, 5.74) is 1.47. The van der Waals surface area contributed by atoms with Gasteiger partial charge in [-0.15, -0.1) is 0 Å². The number of hydrogen-bond acceptors (Lipinski definition) is 8. The summed E-state index contributed by atoms with van der Waals surface area (Å²) in [7, 11) is -3.90. The molecule has 0 aliphatic carbocycles. The lowest BCUT2D eigenvalue weighted by atomic mass is 10.2. The fourth-order valence-corrected chi connectivity index (χ4v) is 5.76. The van der Waals surface area contributed by atoms with Crippen LogP contribution in [0.4, 0.5) is 14.9 Å². The lowest BCUT2D eigenvalue weighted by Crippen LogP contribution is -2.50. The molecule has 3 heterocycles. The van der Waals surface area contributed by atoms with Crippen LogP contribution in [0.5, 0.6) is 0 Å². The molecule has 0 bridgehead atoms. The molecule has 5 rings (SSSR count). The Labute approximate surface area is 201 Å². The fraction of sp³-hybridized carbons (Fsp3) is 0.348. The van der Waals surface area contributed by atoms with Crippen LogP contribution in [-0.4, -0.2) is 79.2 Å². The average Bonchev–Trinajstić information content (AvgIpc) is 3.45. The van der Waals surface area contributed by atoms with Gasteiger partial charge in [-0.3, -0.25) is 9.80 Å². The number of aromatic nitrogens is 2. The Hall–Kier alpha value is -3.35. The molecule has 184 valence electrons. The van der Waals surface area contributed by atoms with Crippen molar-refractivity contribution >= 4 is 21.8 Å². The minimum Gasteiger partial charge on any atom is -0.443 e. The average molecular weight is 502 g/mol. The van der Waals surface area contributed by atoms with Crippen molar-refractivity contribution in [1.29, 1.82) is 0 Å². The SMILES string of the molecule is Cc1nc(-c2ccc(N3CC(CN4CCN(S(=O)(=O)c5ccccc5F)CC4)OC3=O)cc2)no1. The van der Waals surface area contributed by atoms with E-state index in [1.807, 2.05) is 12.1 Å². The smallest absolute Gasteiger partial charge is 0.414 e. The lowest BCUT2D eigenvalue weighted by Gasteiger charge is -2.34. The molecule has 3 aromatic rings. The van der Waals surface area contributed by atoms with Gasteiger partial charge in [0.2, 0.25) is 21.7 Å². The largest absolute Gasteiger partial charge is 0.443 e. The number of carbonyl (C=O) groups excluding carboxylic acids is 1. The maximum Gasteiger partial charge on any atom is 0.414 e. The van der Waals surface area contributed by atoms with Crippen molar-refractivity contribution in [3.05, 3.63) is 60.2 Å². The molecule has 1 unspecified atom stereocenters. The monoisotopic (exact) mass is 501 g/mol. The highest BCUT2D eigenvalue weighted by Crippen LogP contribution is 2.26. The maximum absolute atomic E-state index is 14.0. The Morgan fingerprint density at radius 1 is 1.06 bits per heavy atom. The van der Waals surface area contributed by atoms with Gasteiger partial charge in [-0.1, -0.05) is 17.3 Å². The third-order valence-electron chi connectivity index (χ3n) is 6.09. The Kier molecular flexibility index (Phi) is 6.26. The van der Waals surface area contributed by atoms with Gasteiger partial charge in [-0.05, 0) is 36.4 Å². The number of benzene rings is 2. The Balaban J connectivity index is 1.17. The van der Waals surface area contributed by atoms with Crippen LogP contribution in [0.2, 0.25) is 0 Å². The van der Waals surface area contributed by atoms with Crippen LogP contribution in [0.3, 0.4) is 0 Å². The molecule has 0 spiro atoms. The zero-order valence-electron chi connectivity index (χ0n) is 19.0. The predicted octanol–water partition coefficient (Wildman–Crippen LogP) is 2.52. The first-order valence-corrected chi connectivity index (χ1v) is 12.6. The standard InChI is InChI=1S/C23H24FN5O5S/c1-16-25-22(26-34-16)17-6-8-18(9-7-17)29-15-19(33-23(29)30)14-27-10-12-28(13-11-27)35(31,32)21-5-3-2-4-20(21)24/h2-9,19H,10-15H2,1H3. The van der Waals surface area contributed by atoms with Gasteiger partial charge in [0.15, 0.2) is 0 Å². The molecule has 12 heteroatoms. The molecule has 0 N–H and O–H groups in total. The molecule has 10 nitrogen and oxygen atoms in total. The number of halogens is 1. The highest BCUT2D eigenvalue weighted by atomic mass is 32.2. The molecule has 0 radical (unpaired) electrons. The Morgan fingerprint density at radius 2 is 1.77 bits per heavy atom. The number of rotatable bonds is 6. The van der Waals surface area contributed by atoms with E-state index < -0.39 is 21.9 Å². The number of sulfonamides is 1. The summed E-state index contributed by atoms with van der Waals surface area (Å²) in [6.45, 7) is 3.97. The number of nitrogens with zero attached hydrogens (tertiary/aromatic N) is 5. The van der Waals surface area contributed by atoms with Crippen LogP contribution in [0.25, 0.3) is 11.4 Å². The van der Waals surface area contributed by atoms with Crippen molar-refractivity contribution in [3.63, 3.8) is 0 Å². The summed E-state index contributed by atoms with van der Waals surface area (Å²) >= 11 is 0. The van der Waals surface area contributed by atoms with E-state index >= 15 is 0 Å². The third-order valence-corrected chi connectivity index (χ3v) is 8.02. The van der Waals surface area contributed by atoms with Crippen molar-refractivity contribution in [3.8, 4) is 11.4 Å². The summed E-state index contributed by atoms with van der Waals surface area (Å²) in [6, 6.07) is 12.6. The number of cyclic esters (lactones) is 1. The first-order chi connectivity index (χ1) is 16.8. The number of aryl methyl sites for hydroxylation is 1. The molecule has 2 aliphatic heterocycles. The van der Waals surface area contributed by atoms with E-state index in [0.717, 1.165) is 11.6 Å².